The molecule has 0 fully saturated rings. The molecule has 1 amide bonds. The number of hydrogen-bond donors (Lipinski definition) is 1. The molecule has 1 aliphatic heterocycles. The van der Waals surface area contributed by atoms with Crippen molar-refractivity contribution < 1.29 is 18.0 Å². The first-order chi connectivity index (χ1) is 15.0. The van der Waals surface area contributed by atoms with Gasteiger partial charge in [0.05, 0.1) is 9.79 Å². The molecule has 0 radical (unpaired) electrons. The monoisotopic (exact) mass is 427 g/mol. The van der Waals surface area contributed by atoms with Crippen molar-refractivity contribution in [2.75, 3.05) is 0 Å². The summed E-state index contributed by atoms with van der Waals surface area (Å²) in [7, 11) is -3.89. The van der Waals surface area contributed by atoms with Gasteiger partial charge in [0.2, 0.25) is 9.84 Å². The van der Waals surface area contributed by atoms with E-state index in [2.05, 4.69) is 5.32 Å². The highest BCUT2D eigenvalue weighted by Crippen LogP contribution is 2.34. The van der Waals surface area contributed by atoms with Crippen LogP contribution in [0.2, 0.25) is 0 Å². The van der Waals surface area contributed by atoms with E-state index in [1.807, 2.05) is 42.5 Å². The van der Waals surface area contributed by atoms with E-state index < -0.39 is 15.7 Å². The van der Waals surface area contributed by atoms with Gasteiger partial charge in [-0.1, -0.05) is 54.6 Å². The summed E-state index contributed by atoms with van der Waals surface area (Å²) in [6.45, 7) is 0.297. The zero-order chi connectivity index (χ0) is 21.6. The van der Waals surface area contributed by atoms with Crippen LogP contribution >= 0.6 is 0 Å². The molecular weight excluding hydrogens is 410 g/mol. The van der Waals surface area contributed by atoms with Gasteiger partial charge in [-0.05, 0) is 46.7 Å². The van der Waals surface area contributed by atoms with Crippen molar-refractivity contribution in [1.82, 2.24) is 5.32 Å². The van der Waals surface area contributed by atoms with E-state index in [0.717, 1.165) is 16.3 Å². The molecule has 0 bridgehead atoms. The lowest BCUT2D eigenvalue weighted by molar-refractivity contribution is 0.0949. The predicted octanol–water partition coefficient (Wildman–Crippen LogP) is 4.15. The van der Waals surface area contributed by atoms with E-state index in [1.165, 1.54) is 30.3 Å². The van der Waals surface area contributed by atoms with Crippen molar-refractivity contribution in [1.29, 1.82) is 0 Å². The average molecular weight is 427 g/mol. The molecule has 5 rings (SSSR count). The summed E-state index contributed by atoms with van der Waals surface area (Å²) < 4.78 is 26.1. The van der Waals surface area contributed by atoms with E-state index in [4.69, 9.17) is 0 Å². The lowest BCUT2D eigenvalue weighted by atomic mass is 10.0. The van der Waals surface area contributed by atoms with Gasteiger partial charge in [0.15, 0.2) is 5.78 Å². The number of fused-ring (bicyclic) bond motifs is 3. The van der Waals surface area contributed by atoms with Crippen LogP contribution in [-0.4, -0.2) is 20.1 Å². The fraction of sp³-hybridized carbons (Fsp3) is 0.0400. The molecule has 4 aromatic rings. The number of carbonyl (C=O) groups excluding carboxylic acids is 2. The average Bonchev–Trinajstić information content (AvgIpc) is 2.81. The molecule has 0 saturated carbocycles. The zero-order valence-electron chi connectivity index (χ0n) is 16.3. The summed E-state index contributed by atoms with van der Waals surface area (Å²) in [5.41, 5.74) is 1.39. The van der Waals surface area contributed by atoms with Crippen LogP contribution in [0.3, 0.4) is 0 Å². The van der Waals surface area contributed by atoms with Crippen LogP contribution < -0.4 is 5.32 Å². The van der Waals surface area contributed by atoms with Crippen LogP contribution in [-0.2, 0) is 16.4 Å². The largest absolute Gasteiger partial charge is 0.348 e. The second-order valence-corrected chi connectivity index (χ2v) is 9.25. The van der Waals surface area contributed by atoms with Crippen LogP contribution in [0, 0.1) is 0 Å². The van der Waals surface area contributed by atoms with Crippen molar-refractivity contribution in [3.63, 3.8) is 0 Å². The van der Waals surface area contributed by atoms with Crippen LogP contribution in [0.25, 0.3) is 10.8 Å². The van der Waals surface area contributed by atoms with Gasteiger partial charge in [-0.15, -0.1) is 0 Å². The second kappa shape index (κ2) is 7.18. The van der Waals surface area contributed by atoms with Crippen molar-refractivity contribution >= 4 is 32.3 Å². The molecule has 5 nitrogen and oxygen atoms in total. The number of carbonyl (C=O) groups is 2. The van der Waals surface area contributed by atoms with E-state index in [0.29, 0.717) is 6.54 Å². The third-order valence-electron chi connectivity index (χ3n) is 5.52. The molecule has 1 heterocycles. The second-order valence-electron chi connectivity index (χ2n) is 7.36. The number of amides is 1. The van der Waals surface area contributed by atoms with Crippen molar-refractivity contribution in [2.24, 2.45) is 0 Å². The standard InChI is InChI=1S/C25H17NO4S/c27-24-20-10-3-4-11-22(20)31(29,30)23-14-17(12-13-21(23)24)25(28)26-15-18-8-5-7-16-6-1-2-9-19(16)18/h1-14H,15H2,(H,26,28). The number of rotatable bonds is 3. The van der Waals surface area contributed by atoms with Gasteiger partial charge in [0.1, 0.15) is 0 Å². The fourth-order valence-electron chi connectivity index (χ4n) is 3.95. The predicted molar refractivity (Wildman–Crippen MR) is 117 cm³/mol. The minimum absolute atomic E-state index is 0.0270. The number of nitrogens with one attached hydrogen (secondary N) is 1. The van der Waals surface area contributed by atoms with Gasteiger partial charge in [0, 0.05) is 23.2 Å². The Balaban J connectivity index is 1.46. The first-order valence-electron chi connectivity index (χ1n) is 9.74. The summed E-state index contributed by atoms with van der Waals surface area (Å²) in [6, 6.07) is 24.1. The third kappa shape index (κ3) is 3.12. The maximum absolute atomic E-state index is 13.1. The molecule has 6 heteroatoms. The van der Waals surface area contributed by atoms with Gasteiger partial charge in [-0.2, -0.15) is 0 Å². The first kappa shape index (κ1) is 19.2. The lowest BCUT2D eigenvalue weighted by Gasteiger charge is -2.19. The number of benzene rings is 4. The molecule has 0 atom stereocenters. The Hall–Kier alpha value is -3.77. The molecule has 0 aromatic heterocycles. The lowest BCUT2D eigenvalue weighted by Crippen LogP contribution is -2.25. The Labute approximate surface area is 179 Å². The van der Waals surface area contributed by atoms with E-state index in [1.54, 1.807) is 12.1 Å². The summed E-state index contributed by atoms with van der Waals surface area (Å²) >= 11 is 0. The van der Waals surface area contributed by atoms with Crippen molar-refractivity contribution in [2.45, 2.75) is 16.3 Å². The number of sulfone groups is 1. The summed E-state index contributed by atoms with van der Waals surface area (Å²) in [6.07, 6.45) is 0. The van der Waals surface area contributed by atoms with Gasteiger partial charge >= 0.3 is 0 Å². The van der Waals surface area contributed by atoms with E-state index >= 15 is 0 Å². The highest BCUT2D eigenvalue weighted by molar-refractivity contribution is 7.91. The molecule has 1 aliphatic rings. The van der Waals surface area contributed by atoms with Crippen LogP contribution in [0.5, 0.6) is 0 Å². The van der Waals surface area contributed by atoms with Gasteiger partial charge in [0.25, 0.3) is 5.91 Å². The highest BCUT2D eigenvalue weighted by Gasteiger charge is 2.34. The van der Waals surface area contributed by atoms with Crippen LogP contribution in [0.15, 0.2) is 94.7 Å². The summed E-state index contributed by atoms with van der Waals surface area (Å²) in [4.78, 5) is 25.4. The maximum Gasteiger partial charge on any atom is 0.251 e. The fourth-order valence-corrected chi connectivity index (χ4v) is 5.63. The quantitative estimate of drug-likeness (QED) is 0.469. The molecular formula is C25H17NO4S. The number of hydrogen-bond acceptors (Lipinski definition) is 4. The van der Waals surface area contributed by atoms with Gasteiger partial charge in [-0.25, -0.2) is 8.42 Å². The van der Waals surface area contributed by atoms with E-state index in [-0.39, 0.29) is 32.3 Å². The normalized spacial score (nSPS) is 14.0. The molecule has 0 unspecified atom stereocenters. The Morgan fingerprint density at radius 3 is 2.35 bits per heavy atom. The Morgan fingerprint density at radius 1 is 0.774 bits per heavy atom. The minimum atomic E-state index is -3.89. The molecule has 0 saturated heterocycles. The maximum atomic E-state index is 13.1. The van der Waals surface area contributed by atoms with Crippen LogP contribution in [0.1, 0.15) is 31.8 Å². The first-order valence-corrected chi connectivity index (χ1v) is 11.2. The molecule has 4 aromatic carbocycles. The highest BCUT2D eigenvalue weighted by atomic mass is 32.2. The Bertz CT molecular complexity index is 1480. The van der Waals surface area contributed by atoms with Gasteiger partial charge in [-0.3, -0.25) is 9.59 Å². The Kier molecular flexibility index (Phi) is 4.45. The summed E-state index contributed by atoms with van der Waals surface area (Å²) in [5, 5.41) is 4.97. The minimum Gasteiger partial charge on any atom is -0.348 e. The number of ketones is 1. The summed E-state index contributed by atoms with van der Waals surface area (Å²) in [5.74, 6) is -0.764. The topological polar surface area (TPSA) is 80.3 Å². The van der Waals surface area contributed by atoms with Crippen molar-refractivity contribution in [3.8, 4) is 0 Å². The third-order valence-corrected chi connectivity index (χ3v) is 7.37. The zero-order valence-corrected chi connectivity index (χ0v) is 17.1. The molecule has 152 valence electrons. The molecule has 0 aliphatic carbocycles. The van der Waals surface area contributed by atoms with Crippen molar-refractivity contribution in [3.05, 3.63) is 107 Å². The Morgan fingerprint density at radius 2 is 1.48 bits per heavy atom. The van der Waals surface area contributed by atoms with E-state index in [9.17, 15) is 18.0 Å². The molecule has 1 N–H and O–H groups in total. The van der Waals surface area contributed by atoms with Gasteiger partial charge < -0.3 is 5.32 Å². The SMILES string of the molecule is O=C(NCc1cccc2ccccc12)c1ccc2c(c1)S(=O)(=O)c1ccccc1C2=O. The smallest absolute Gasteiger partial charge is 0.251 e. The molecule has 0 spiro atoms. The molecule has 31 heavy (non-hydrogen) atoms. The van der Waals surface area contributed by atoms with Crippen LogP contribution in [0.4, 0.5) is 0 Å².